The van der Waals surface area contributed by atoms with E-state index in [1.54, 1.807) is 4.68 Å². The number of para-hydroxylation sites is 1. The summed E-state index contributed by atoms with van der Waals surface area (Å²) in [6.07, 6.45) is 0. The first-order chi connectivity index (χ1) is 10.7. The molecule has 0 saturated carbocycles. The Bertz CT molecular complexity index is 840. The van der Waals surface area contributed by atoms with E-state index in [-0.39, 0.29) is 0 Å². The SMILES string of the molecule is S=C(Nc1ccccc1)Nc1cccc(-n2[nH]nnc2=S)c1. The maximum atomic E-state index is 5.31. The van der Waals surface area contributed by atoms with Crippen LogP contribution in [0.1, 0.15) is 0 Å². The molecular weight excluding hydrogens is 316 g/mol. The van der Waals surface area contributed by atoms with Crippen molar-refractivity contribution in [3.05, 3.63) is 59.4 Å². The Morgan fingerprint density at radius 2 is 1.73 bits per heavy atom. The van der Waals surface area contributed by atoms with Crippen LogP contribution in [0.3, 0.4) is 0 Å². The summed E-state index contributed by atoms with van der Waals surface area (Å²) in [6.45, 7) is 0. The maximum Gasteiger partial charge on any atom is 0.242 e. The van der Waals surface area contributed by atoms with Crippen LogP contribution in [0.5, 0.6) is 0 Å². The van der Waals surface area contributed by atoms with Gasteiger partial charge in [-0.2, -0.15) is 5.21 Å². The number of aromatic amines is 1. The molecule has 6 nitrogen and oxygen atoms in total. The Labute approximate surface area is 137 Å². The van der Waals surface area contributed by atoms with E-state index >= 15 is 0 Å². The third-order valence-electron chi connectivity index (χ3n) is 2.87. The van der Waals surface area contributed by atoms with Gasteiger partial charge in [-0.05, 0) is 54.8 Å². The molecule has 0 aliphatic rings. The van der Waals surface area contributed by atoms with Crippen LogP contribution in [-0.4, -0.2) is 25.3 Å². The highest BCUT2D eigenvalue weighted by Crippen LogP contribution is 2.14. The van der Waals surface area contributed by atoms with Gasteiger partial charge in [0.25, 0.3) is 0 Å². The Hall–Kier alpha value is -2.58. The Kier molecular flexibility index (Phi) is 4.22. The molecule has 22 heavy (non-hydrogen) atoms. The van der Waals surface area contributed by atoms with Crippen molar-refractivity contribution in [1.82, 2.24) is 20.2 Å². The van der Waals surface area contributed by atoms with E-state index in [4.69, 9.17) is 24.4 Å². The molecule has 1 aromatic heterocycles. The number of hydrogen-bond acceptors (Lipinski definition) is 4. The number of tetrazole rings is 1. The zero-order chi connectivity index (χ0) is 15.4. The summed E-state index contributed by atoms with van der Waals surface area (Å²) in [4.78, 5) is 0. The van der Waals surface area contributed by atoms with Gasteiger partial charge in [0.2, 0.25) is 4.77 Å². The summed E-state index contributed by atoms with van der Waals surface area (Å²) in [7, 11) is 0. The average molecular weight is 328 g/mol. The number of H-pyrrole nitrogens is 1. The highest BCUT2D eigenvalue weighted by atomic mass is 32.1. The number of benzene rings is 2. The van der Waals surface area contributed by atoms with E-state index in [1.807, 2.05) is 54.6 Å². The lowest BCUT2D eigenvalue weighted by Gasteiger charge is -2.11. The van der Waals surface area contributed by atoms with Crippen LogP contribution in [0.2, 0.25) is 0 Å². The van der Waals surface area contributed by atoms with Crippen molar-refractivity contribution in [3.63, 3.8) is 0 Å². The van der Waals surface area contributed by atoms with E-state index in [0.717, 1.165) is 17.1 Å². The average Bonchev–Trinajstić information content (AvgIpc) is 2.94. The smallest absolute Gasteiger partial charge is 0.242 e. The molecule has 0 aliphatic heterocycles. The number of nitrogens with one attached hydrogen (secondary N) is 3. The van der Waals surface area contributed by atoms with Crippen molar-refractivity contribution < 1.29 is 0 Å². The fraction of sp³-hybridized carbons (Fsp3) is 0. The Morgan fingerprint density at radius 3 is 2.45 bits per heavy atom. The van der Waals surface area contributed by atoms with Gasteiger partial charge in [0, 0.05) is 11.4 Å². The van der Waals surface area contributed by atoms with Crippen molar-refractivity contribution in [1.29, 1.82) is 0 Å². The van der Waals surface area contributed by atoms with E-state index in [0.29, 0.717) is 9.88 Å². The van der Waals surface area contributed by atoms with Crippen LogP contribution in [0, 0.1) is 4.77 Å². The molecule has 3 N–H and O–H groups in total. The molecule has 0 fully saturated rings. The molecule has 0 atom stereocenters. The summed E-state index contributed by atoms with van der Waals surface area (Å²) < 4.78 is 1.97. The van der Waals surface area contributed by atoms with Crippen LogP contribution < -0.4 is 10.6 Å². The van der Waals surface area contributed by atoms with Gasteiger partial charge in [0.15, 0.2) is 5.11 Å². The fourth-order valence-electron chi connectivity index (χ4n) is 1.90. The lowest BCUT2D eigenvalue weighted by atomic mass is 10.3. The van der Waals surface area contributed by atoms with E-state index in [9.17, 15) is 0 Å². The topological polar surface area (TPSA) is 70.6 Å². The molecule has 0 amide bonds. The van der Waals surface area contributed by atoms with Crippen LogP contribution in [-0.2, 0) is 0 Å². The van der Waals surface area contributed by atoms with Crippen molar-refractivity contribution in [2.75, 3.05) is 10.6 Å². The minimum atomic E-state index is 0.363. The third kappa shape index (κ3) is 3.35. The van der Waals surface area contributed by atoms with E-state index < -0.39 is 0 Å². The van der Waals surface area contributed by atoms with E-state index in [2.05, 4.69) is 26.2 Å². The second-order valence-electron chi connectivity index (χ2n) is 4.41. The Morgan fingerprint density at radius 1 is 1.00 bits per heavy atom. The first-order valence-corrected chi connectivity index (χ1v) is 7.27. The molecule has 8 heteroatoms. The second kappa shape index (κ2) is 6.46. The maximum absolute atomic E-state index is 5.31. The van der Waals surface area contributed by atoms with Gasteiger partial charge < -0.3 is 10.6 Å². The number of aromatic nitrogens is 4. The third-order valence-corrected chi connectivity index (χ3v) is 3.33. The molecule has 0 aliphatic carbocycles. The molecule has 3 aromatic rings. The fourth-order valence-corrected chi connectivity index (χ4v) is 2.33. The van der Waals surface area contributed by atoms with Gasteiger partial charge in [0.1, 0.15) is 0 Å². The molecule has 0 radical (unpaired) electrons. The predicted molar refractivity (Wildman–Crippen MR) is 92.8 cm³/mol. The summed E-state index contributed by atoms with van der Waals surface area (Å²) in [5.74, 6) is 0. The predicted octanol–water partition coefficient (Wildman–Crippen LogP) is 3.13. The van der Waals surface area contributed by atoms with Gasteiger partial charge in [-0.25, -0.2) is 4.68 Å². The molecular formula is C14H12N6S2. The molecule has 110 valence electrons. The second-order valence-corrected chi connectivity index (χ2v) is 5.19. The van der Waals surface area contributed by atoms with Crippen LogP contribution >= 0.6 is 24.4 Å². The summed E-state index contributed by atoms with van der Waals surface area (Å²) >= 11 is 10.4. The van der Waals surface area contributed by atoms with Gasteiger partial charge >= 0.3 is 0 Å². The highest BCUT2D eigenvalue weighted by Gasteiger charge is 2.03. The summed E-state index contributed by atoms with van der Waals surface area (Å²) in [5.41, 5.74) is 2.58. The molecule has 3 rings (SSSR count). The zero-order valence-corrected chi connectivity index (χ0v) is 13.0. The van der Waals surface area contributed by atoms with Crippen LogP contribution in [0.25, 0.3) is 5.69 Å². The number of rotatable bonds is 3. The molecule has 0 spiro atoms. The minimum Gasteiger partial charge on any atom is -0.332 e. The first kappa shape index (κ1) is 14.4. The summed E-state index contributed by atoms with van der Waals surface area (Å²) in [5, 5.41) is 16.9. The van der Waals surface area contributed by atoms with Crippen LogP contribution in [0.15, 0.2) is 54.6 Å². The number of thiocarbonyl (C=S) groups is 1. The highest BCUT2D eigenvalue weighted by molar-refractivity contribution is 7.80. The van der Waals surface area contributed by atoms with Gasteiger partial charge in [-0.15, -0.1) is 0 Å². The largest absolute Gasteiger partial charge is 0.332 e. The molecule has 2 aromatic carbocycles. The van der Waals surface area contributed by atoms with Crippen molar-refractivity contribution in [3.8, 4) is 5.69 Å². The van der Waals surface area contributed by atoms with Gasteiger partial charge in [0.05, 0.1) is 5.69 Å². The minimum absolute atomic E-state index is 0.363. The van der Waals surface area contributed by atoms with Crippen LogP contribution in [0.4, 0.5) is 11.4 Å². The lowest BCUT2D eigenvalue weighted by Crippen LogP contribution is -2.19. The number of hydrogen-bond donors (Lipinski definition) is 3. The Balaban J connectivity index is 1.75. The molecule has 0 bridgehead atoms. The van der Waals surface area contributed by atoms with Gasteiger partial charge in [-0.1, -0.05) is 34.6 Å². The van der Waals surface area contributed by atoms with Crippen molar-refractivity contribution in [2.45, 2.75) is 0 Å². The quantitative estimate of drug-likeness (QED) is 0.642. The molecule has 0 unspecified atom stereocenters. The molecule has 1 heterocycles. The van der Waals surface area contributed by atoms with Gasteiger partial charge in [-0.3, -0.25) is 0 Å². The lowest BCUT2D eigenvalue weighted by molar-refractivity contribution is 0.786. The number of nitrogens with zero attached hydrogens (tertiary/aromatic N) is 3. The molecule has 0 saturated heterocycles. The summed E-state index contributed by atoms with van der Waals surface area (Å²) in [6, 6.07) is 17.3. The van der Waals surface area contributed by atoms with Crippen molar-refractivity contribution >= 4 is 40.9 Å². The zero-order valence-electron chi connectivity index (χ0n) is 11.4. The first-order valence-electron chi connectivity index (χ1n) is 6.46. The number of anilines is 2. The monoisotopic (exact) mass is 328 g/mol. The van der Waals surface area contributed by atoms with Crippen molar-refractivity contribution in [2.24, 2.45) is 0 Å². The van der Waals surface area contributed by atoms with E-state index in [1.165, 1.54) is 0 Å². The normalized spacial score (nSPS) is 10.2. The standard InChI is InChI=1S/C14H12N6S2/c21-13(15-10-5-2-1-3-6-10)16-11-7-4-8-12(9-11)20-14(22)17-18-19-20/h1-9H,(H2,15,16,21)(H,17,19,22).